The Labute approximate surface area is 148 Å². The molecule has 0 saturated heterocycles. The third-order valence-electron chi connectivity index (χ3n) is 2.98. The molecule has 0 unspecified atom stereocenters. The molecule has 2 N–H and O–H groups in total. The number of halogens is 1. The molecule has 2 aromatic rings. The molecule has 23 heavy (non-hydrogen) atoms. The lowest BCUT2D eigenvalue weighted by Crippen LogP contribution is -2.22. The van der Waals surface area contributed by atoms with Gasteiger partial charge in [-0.15, -0.1) is 16.8 Å². The van der Waals surface area contributed by atoms with Gasteiger partial charge < -0.3 is 10.6 Å². The van der Waals surface area contributed by atoms with Crippen molar-refractivity contribution in [3.8, 4) is 0 Å². The number of thioether (sulfide) groups is 1. The van der Waals surface area contributed by atoms with E-state index in [0.717, 1.165) is 15.6 Å². The number of amides is 1. The van der Waals surface area contributed by atoms with Gasteiger partial charge in [-0.3, -0.25) is 4.79 Å². The van der Waals surface area contributed by atoms with Gasteiger partial charge in [0.2, 0.25) is 11.0 Å². The van der Waals surface area contributed by atoms with Gasteiger partial charge in [-0.1, -0.05) is 46.8 Å². The van der Waals surface area contributed by atoms with Gasteiger partial charge in [0.1, 0.15) is 0 Å². The summed E-state index contributed by atoms with van der Waals surface area (Å²) in [6.45, 7) is 7.97. The van der Waals surface area contributed by atoms with Gasteiger partial charge in [0, 0.05) is 17.3 Å². The number of hydrogen-bond acceptors (Lipinski definition) is 6. The fraction of sp³-hybridized carbons (Fsp3) is 0.267. The lowest BCUT2D eigenvalue weighted by Gasteiger charge is -2.12. The number of hydrogen-bond donors (Lipinski definition) is 2. The average molecular weight is 369 g/mol. The summed E-state index contributed by atoms with van der Waals surface area (Å²) < 4.78 is 0.738. The molecule has 0 aliphatic rings. The molecule has 1 heterocycles. The summed E-state index contributed by atoms with van der Waals surface area (Å²) in [7, 11) is 0. The highest BCUT2D eigenvalue weighted by Gasteiger charge is 2.18. The summed E-state index contributed by atoms with van der Waals surface area (Å²) in [5.41, 5.74) is 1.58. The third-order valence-corrected chi connectivity index (χ3v) is 5.45. The van der Waals surface area contributed by atoms with Crippen LogP contribution in [0.4, 0.5) is 10.8 Å². The van der Waals surface area contributed by atoms with E-state index in [1.54, 1.807) is 12.1 Å². The topological polar surface area (TPSA) is 66.9 Å². The zero-order valence-electron chi connectivity index (χ0n) is 12.8. The predicted molar refractivity (Wildman–Crippen MR) is 98.7 cm³/mol. The molecular formula is C15H17ClN4OS2. The van der Waals surface area contributed by atoms with Crippen molar-refractivity contribution < 1.29 is 4.79 Å². The number of nitrogens with zero attached hydrogens (tertiary/aromatic N) is 2. The molecule has 122 valence electrons. The molecule has 0 spiro atoms. The Hall–Kier alpha value is -1.57. The first-order valence-electron chi connectivity index (χ1n) is 6.92. The molecule has 8 heteroatoms. The van der Waals surface area contributed by atoms with Crippen molar-refractivity contribution in [3.05, 3.63) is 41.4 Å². The van der Waals surface area contributed by atoms with Gasteiger partial charge in [-0.05, 0) is 31.5 Å². The Bertz CT molecular complexity index is 705. The maximum absolute atomic E-state index is 12.3. The van der Waals surface area contributed by atoms with Crippen molar-refractivity contribution in [2.75, 3.05) is 17.2 Å². The summed E-state index contributed by atoms with van der Waals surface area (Å²) in [4.78, 5) is 12.3. The minimum atomic E-state index is -0.298. The number of rotatable bonds is 7. The van der Waals surface area contributed by atoms with Crippen LogP contribution in [-0.4, -0.2) is 27.9 Å². The molecule has 2 rings (SSSR count). The van der Waals surface area contributed by atoms with E-state index in [9.17, 15) is 4.79 Å². The normalized spacial score (nSPS) is 11.8. The Morgan fingerprint density at radius 2 is 2.30 bits per heavy atom. The first-order chi connectivity index (χ1) is 11.0. The van der Waals surface area contributed by atoms with Crippen LogP contribution in [0.25, 0.3) is 0 Å². The lowest BCUT2D eigenvalue weighted by molar-refractivity contribution is -0.115. The lowest BCUT2D eigenvalue weighted by atomic mass is 10.2. The number of anilines is 2. The number of carbonyl (C=O) groups excluding carboxylic acids is 1. The first-order valence-corrected chi connectivity index (χ1v) is 8.99. The monoisotopic (exact) mass is 368 g/mol. The Balaban J connectivity index is 1.95. The maximum Gasteiger partial charge on any atom is 0.237 e. The second kappa shape index (κ2) is 8.33. The SMILES string of the molecule is C=CCNc1nnc(S[C@H](C)C(=O)Nc2cccc(Cl)c2C)s1. The number of nitrogens with one attached hydrogen (secondary N) is 2. The van der Waals surface area contributed by atoms with Crippen molar-refractivity contribution in [2.24, 2.45) is 0 Å². The fourth-order valence-corrected chi connectivity index (χ4v) is 3.75. The van der Waals surface area contributed by atoms with Crippen molar-refractivity contribution in [3.63, 3.8) is 0 Å². The highest BCUT2D eigenvalue weighted by molar-refractivity contribution is 8.02. The van der Waals surface area contributed by atoms with E-state index < -0.39 is 0 Å². The van der Waals surface area contributed by atoms with Crippen LogP contribution in [-0.2, 0) is 4.79 Å². The van der Waals surface area contributed by atoms with E-state index in [4.69, 9.17) is 11.6 Å². The van der Waals surface area contributed by atoms with Crippen LogP contribution in [0, 0.1) is 6.92 Å². The molecule has 1 amide bonds. The van der Waals surface area contributed by atoms with E-state index in [1.807, 2.05) is 26.0 Å². The predicted octanol–water partition coefficient (Wildman–Crippen LogP) is 4.22. The summed E-state index contributed by atoms with van der Waals surface area (Å²) in [5, 5.41) is 15.1. The minimum Gasteiger partial charge on any atom is -0.357 e. The van der Waals surface area contributed by atoms with Crippen molar-refractivity contribution in [2.45, 2.75) is 23.4 Å². The van der Waals surface area contributed by atoms with Crippen molar-refractivity contribution >= 4 is 51.4 Å². The third kappa shape index (κ3) is 4.95. The van der Waals surface area contributed by atoms with Gasteiger partial charge in [-0.2, -0.15) is 0 Å². The average Bonchev–Trinajstić information content (AvgIpc) is 2.97. The molecular weight excluding hydrogens is 352 g/mol. The molecule has 1 aromatic heterocycles. The molecule has 0 fully saturated rings. The van der Waals surface area contributed by atoms with Crippen LogP contribution in [0.5, 0.6) is 0 Å². The van der Waals surface area contributed by atoms with Crippen LogP contribution in [0.3, 0.4) is 0 Å². The van der Waals surface area contributed by atoms with Gasteiger partial charge in [0.25, 0.3) is 0 Å². The molecule has 0 saturated carbocycles. The summed E-state index contributed by atoms with van der Waals surface area (Å²) in [6.07, 6.45) is 1.75. The smallest absolute Gasteiger partial charge is 0.237 e. The van der Waals surface area contributed by atoms with Crippen LogP contribution in [0.1, 0.15) is 12.5 Å². The molecule has 0 radical (unpaired) electrons. The number of aromatic nitrogens is 2. The van der Waals surface area contributed by atoms with Crippen molar-refractivity contribution in [1.29, 1.82) is 0 Å². The van der Waals surface area contributed by atoms with Crippen LogP contribution >= 0.6 is 34.7 Å². The molecule has 0 aliphatic heterocycles. The Morgan fingerprint density at radius 3 is 3.04 bits per heavy atom. The number of carbonyl (C=O) groups is 1. The molecule has 0 bridgehead atoms. The van der Waals surface area contributed by atoms with Gasteiger partial charge >= 0.3 is 0 Å². The van der Waals surface area contributed by atoms with Crippen LogP contribution in [0.2, 0.25) is 5.02 Å². The van der Waals surface area contributed by atoms with Gasteiger partial charge in [-0.25, -0.2) is 0 Å². The highest BCUT2D eigenvalue weighted by atomic mass is 35.5. The van der Waals surface area contributed by atoms with Gasteiger partial charge in [0.15, 0.2) is 4.34 Å². The first kappa shape index (κ1) is 17.8. The summed E-state index contributed by atoms with van der Waals surface area (Å²) in [6, 6.07) is 5.44. The van der Waals surface area contributed by atoms with Crippen molar-refractivity contribution in [1.82, 2.24) is 10.2 Å². The summed E-state index contributed by atoms with van der Waals surface area (Å²) >= 11 is 8.84. The largest absolute Gasteiger partial charge is 0.357 e. The highest BCUT2D eigenvalue weighted by Crippen LogP contribution is 2.30. The number of benzene rings is 1. The minimum absolute atomic E-state index is 0.101. The van der Waals surface area contributed by atoms with Gasteiger partial charge in [0.05, 0.1) is 5.25 Å². The van der Waals surface area contributed by atoms with E-state index in [1.165, 1.54) is 23.1 Å². The zero-order chi connectivity index (χ0) is 16.8. The molecule has 1 aromatic carbocycles. The van der Waals surface area contributed by atoms with Crippen LogP contribution in [0.15, 0.2) is 35.2 Å². The Morgan fingerprint density at radius 1 is 1.52 bits per heavy atom. The van der Waals surface area contributed by atoms with E-state index in [0.29, 0.717) is 16.7 Å². The molecule has 1 atom stereocenters. The zero-order valence-corrected chi connectivity index (χ0v) is 15.2. The van der Waals surface area contributed by atoms with Crippen LogP contribution < -0.4 is 10.6 Å². The van der Waals surface area contributed by atoms with E-state index in [-0.39, 0.29) is 11.2 Å². The van der Waals surface area contributed by atoms with E-state index in [2.05, 4.69) is 27.4 Å². The second-order valence-corrected chi connectivity index (χ2v) is 7.68. The molecule has 5 nitrogen and oxygen atoms in total. The quantitative estimate of drug-likeness (QED) is 0.565. The summed E-state index contributed by atoms with van der Waals surface area (Å²) in [5.74, 6) is -0.101. The van der Waals surface area contributed by atoms with E-state index >= 15 is 0 Å². The standard InChI is InChI=1S/C15H17ClN4OS2/c1-4-8-17-14-19-20-15(23-14)22-10(3)13(21)18-12-7-5-6-11(16)9(12)2/h4-7,10H,1,8H2,2-3H3,(H,17,19)(H,18,21)/t10-/m1/s1. The Kier molecular flexibility index (Phi) is 6.44. The maximum atomic E-state index is 12.3. The second-order valence-electron chi connectivity index (χ2n) is 4.70. The molecule has 0 aliphatic carbocycles. The fourth-order valence-electron chi connectivity index (χ4n) is 1.67.